The first-order chi connectivity index (χ1) is 9.35. The van der Waals surface area contributed by atoms with Crippen molar-refractivity contribution < 1.29 is 5.21 Å². The molecule has 100 valence electrons. The van der Waals surface area contributed by atoms with Gasteiger partial charge in [0, 0.05) is 18.2 Å². The molecule has 0 spiro atoms. The topological polar surface area (TPSA) is 35.8 Å². The highest BCUT2D eigenvalue weighted by Crippen LogP contribution is 2.45. The SMILES string of the molecule is C=CCN(c1ccccc1)[C@@H]1/C(=N\O)[C@H]2CC[C@H]1C2. The molecule has 1 N–H and O–H groups in total. The van der Waals surface area contributed by atoms with Crippen LogP contribution in [0.4, 0.5) is 5.69 Å². The van der Waals surface area contributed by atoms with E-state index in [1.807, 2.05) is 24.3 Å². The molecule has 0 amide bonds. The van der Waals surface area contributed by atoms with Gasteiger partial charge in [0.2, 0.25) is 0 Å². The molecule has 0 heterocycles. The first kappa shape index (κ1) is 12.3. The third-order valence-electron chi connectivity index (χ3n) is 4.51. The zero-order chi connectivity index (χ0) is 13.2. The van der Waals surface area contributed by atoms with Gasteiger partial charge >= 0.3 is 0 Å². The van der Waals surface area contributed by atoms with E-state index in [0.29, 0.717) is 11.8 Å². The number of anilines is 1. The standard InChI is InChI=1S/C16H20N2O/c1-2-10-18(14-6-4-3-5-7-14)16-13-9-8-12(11-13)15(16)17-19/h2-7,12-13,16,19H,1,8-11H2/b17-15-/t12-,13-,16-/m0/s1. The van der Waals surface area contributed by atoms with Crippen LogP contribution in [-0.2, 0) is 0 Å². The third kappa shape index (κ3) is 2.03. The highest BCUT2D eigenvalue weighted by atomic mass is 16.4. The fraction of sp³-hybridized carbons (Fsp3) is 0.438. The van der Waals surface area contributed by atoms with Crippen molar-refractivity contribution in [2.75, 3.05) is 11.4 Å². The van der Waals surface area contributed by atoms with Crippen LogP contribution in [0.3, 0.4) is 0 Å². The van der Waals surface area contributed by atoms with E-state index in [9.17, 15) is 5.21 Å². The average Bonchev–Trinajstić information content (AvgIpc) is 3.06. The van der Waals surface area contributed by atoms with Gasteiger partial charge in [0.1, 0.15) is 0 Å². The van der Waals surface area contributed by atoms with Crippen LogP contribution in [0, 0.1) is 11.8 Å². The summed E-state index contributed by atoms with van der Waals surface area (Å²) in [6.07, 6.45) is 5.52. The summed E-state index contributed by atoms with van der Waals surface area (Å²) in [4.78, 5) is 2.33. The van der Waals surface area contributed by atoms with Gasteiger partial charge in [-0.15, -0.1) is 6.58 Å². The number of nitrogens with zero attached hydrogens (tertiary/aromatic N) is 2. The van der Waals surface area contributed by atoms with Crippen LogP contribution in [-0.4, -0.2) is 23.5 Å². The van der Waals surface area contributed by atoms with E-state index in [1.54, 1.807) is 0 Å². The Hall–Kier alpha value is -1.77. The molecule has 2 saturated carbocycles. The molecule has 1 aromatic rings. The highest BCUT2D eigenvalue weighted by molar-refractivity contribution is 5.97. The summed E-state index contributed by atoms with van der Waals surface area (Å²) >= 11 is 0. The molecular formula is C16H20N2O. The Morgan fingerprint density at radius 3 is 2.79 bits per heavy atom. The fourth-order valence-corrected chi connectivity index (χ4v) is 3.75. The maximum absolute atomic E-state index is 9.36. The van der Waals surface area contributed by atoms with E-state index in [2.05, 4.69) is 28.8 Å². The van der Waals surface area contributed by atoms with Crippen molar-refractivity contribution in [2.45, 2.75) is 25.3 Å². The Bertz CT molecular complexity index is 483. The predicted molar refractivity (Wildman–Crippen MR) is 77.8 cm³/mol. The Morgan fingerprint density at radius 2 is 2.11 bits per heavy atom. The number of benzene rings is 1. The molecule has 0 aromatic heterocycles. The van der Waals surface area contributed by atoms with Crippen LogP contribution in [0.1, 0.15) is 19.3 Å². The first-order valence-corrected chi connectivity index (χ1v) is 6.99. The maximum Gasteiger partial charge on any atom is 0.0828 e. The summed E-state index contributed by atoms with van der Waals surface area (Å²) in [6.45, 7) is 4.65. The van der Waals surface area contributed by atoms with Crippen LogP contribution in [0.15, 0.2) is 48.1 Å². The van der Waals surface area contributed by atoms with Gasteiger partial charge in [0.15, 0.2) is 0 Å². The van der Waals surface area contributed by atoms with Gasteiger partial charge in [-0.1, -0.05) is 29.4 Å². The van der Waals surface area contributed by atoms with Gasteiger partial charge in [0.25, 0.3) is 0 Å². The molecule has 3 nitrogen and oxygen atoms in total. The molecule has 2 bridgehead atoms. The number of para-hydroxylation sites is 1. The highest BCUT2D eigenvalue weighted by Gasteiger charge is 2.48. The molecule has 3 heteroatoms. The molecule has 0 saturated heterocycles. The van der Waals surface area contributed by atoms with Gasteiger partial charge < -0.3 is 10.1 Å². The Balaban J connectivity index is 1.94. The van der Waals surface area contributed by atoms with Gasteiger partial charge in [-0.3, -0.25) is 0 Å². The largest absolute Gasteiger partial charge is 0.411 e. The van der Waals surface area contributed by atoms with Gasteiger partial charge in [0.05, 0.1) is 11.8 Å². The van der Waals surface area contributed by atoms with Crippen LogP contribution in [0.25, 0.3) is 0 Å². The van der Waals surface area contributed by atoms with Crippen molar-refractivity contribution in [1.82, 2.24) is 0 Å². The molecule has 2 fully saturated rings. The molecular weight excluding hydrogens is 236 g/mol. The monoisotopic (exact) mass is 256 g/mol. The summed E-state index contributed by atoms with van der Waals surface area (Å²) in [5.41, 5.74) is 2.16. The minimum atomic E-state index is 0.240. The summed E-state index contributed by atoms with van der Waals surface area (Å²) < 4.78 is 0. The second-order valence-electron chi connectivity index (χ2n) is 5.52. The van der Waals surface area contributed by atoms with Crippen molar-refractivity contribution in [2.24, 2.45) is 17.0 Å². The minimum Gasteiger partial charge on any atom is -0.411 e. The molecule has 19 heavy (non-hydrogen) atoms. The normalized spacial score (nSPS) is 30.7. The molecule has 0 aliphatic heterocycles. The molecule has 2 aliphatic carbocycles. The van der Waals surface area contributed by atoms with Gasteiger partial charge in [-0.2, -0.15) is 0 Å². The van der Waals surface area contributed by atoms with Crippen molar-refractivity contribution in [1.29, 1.82) is 0 Å². The Kier molecular flexibility index (Phi) is 3.28. The summed E-state index contributed by atoms with van der Waals surface area (Å²) in [5, 5.41) is 13.0. The summed E-state index contributed by atoms with van der Waals surface area (Å²) in [6, 6.07) is 10.6. The Morgan fingerprint density at radius 1 is 1.32 bits per heavy atom. The van der Waals surface area contributed by atoms with E-state index < -0.39 is 0 Å². The van der Waals surface area contributed by atoms with Crippen molar-refractivity contribution in [3.8, 4) is 0 Å². The van der Waals surface area contributed by atoms with Crippen molar-refractivity contribution in [3.05, 3.63) is 43.0 Å². The smallest absolute Gasteiger partial charge is 0.0828 e. The lowest BCUT2D eigenvalue weighted by Gasteiger charge is -2.36. The number of rotatable bonds is 4. The lowest BCUT2D eigenvalue weighted by Crippen LogP contribution is -2.45. The second kappa shape index (κ2) is 5.08. The second-order valence-corrected chi connectivity index (χ2v) is 5.52. The quantitative estimate of drug-likeness (QED) is 0.509. The van der Waals surface area contributed by atoms with E-state index in [0.717, 1.165) is 12.3 Å². The van der Waals surface area contributed by atoms with Crippen LogP contribution in [0.5, 0.6) is 0 Å². The maximum atomic E-state index is 9.36. The average molecular weight is 256 g/mol. The lowest BCUT2D eigenvalue weighted by molar-refractivity contribution is 0.311. The van der Waals surface area contributed by atoms with E-state index in [4.69, 9.17) is 0 Å². The van der Waals surface area contributed by atoms with Crippen molar-refractivity contribution >= 4 is 11.4 Å². The number of hydrogen-bond donors (Lipinski definition) is 1. The van der Waals surface area contributed by atoms with E-state index >= 15 is 0 Å². The number of oxime groups is 1. The van der Waals surface area contributed by atoms with Crippen LogP contribution < -0.4 is 4.90 Å². The predicted octanol–water partition coefficient (Wildman–Crippen LogP) is 3.31. The first-order valence-electron chi connectivity index (χ1n) is 6.99. The molecule has 3 atom stereocenters. The van der Waals surface area contributed by atoms with Gasteiger partial charge in [-0.05, 0) is 37.3 Å². The summed E-state index contributed by atoms with van der Waals surface area (Å²) in [7, 11) is 0. The number of fused-ring (bicyclic) bond motifs is 2. The van der Waals surface area contributed by atoms with Gasteiger partial charge in [-0.25, -0.2) is 0 Å². The molecule has 0 radical (unpaired) electrons. The molecule has 1 aromatic carbocycles. The van der Waals surface area contributed by atoms with Crippen molar-refractivity contribution in [3.63, 3.8) is 0 Å². The molecule has 2 aliphatic rings. The molecule has 3 rings (SSSR count). The Labute approximate surface area is 114 Å². The lowest BCUT2D eigenvalue weighted by atomic mass is 9.91. The third-order valence-corrected chi connectivity index (χ3v) is 4.51. The molecule has 0 unspecified atom stereocenters. The number of hydrogen-bond acceptors (Lipinski definition) is 3. The van der Waals surface area contributed by atoms with Crippen LogP contribution in [0.2, 0.25) is 0 Å². The fourth-order valence-electron chi connectivity index (χ4n) is 3.75. The zero-order valence-electron chi connectivity index (χ0n) is 11.1. The van der Waals surface area contributed by atoms with E-state index in [1.165, 1.54) is 24.9 Å². The minimum absolute atomic E-state index is 0.240. The zero-order valence-corrected chi connectivity index (χ0v) is 11.1. The van der Waals surface area contributed by atoms with Crippen LogP contribution >= 0.6 is 0 Å². The van der Waals surface area contributed by atoms with E-state index in [-0.39, 0.29) is 6.04 Å². The summed E-state index contributed by atoms with van der Waals surface area (Å²) in [5.74, 6) is 1.10.